The Bertz CT molecular complexity index is 752. The second-order valence-electron chi connectivity index (χ2n) is 7.21. The van der Waals surface area contributed by atoms with Crippen molar-refractivity contribution in [2.75, 3.05) is 32.5 Å². The molecule has 6 nitrogen and oxygen atoms in total. The Balaban J connectivity index is 1.77. The van der Waals surface area contributed by atoms with E-state index in [1.165, 1.54) is 5.56 Å². The number of hydrogen-bond acceptors (Lipinski definition) is 4. The molecule has 0 aliphatic carbocycles. The number of benzene rings is 1. The molecule has 1 aliphatic rings. The molecule has 1 saturated heterocycles. The van der Waals surface area contributed by atoms with Crippen LogP contribution in [0.4, 0.5) is 5.69 Å². The molecule has 2 aromatic rings. The summed E-state index contributed by atoms with van der Waals surface area (Å²) in [6, 6.07) is 6.19. The summed E-state index contributed by atoms with van der Waals surface area (Å²) >= 11 is 0. The van der Waals surface area contributed by atoms with Crippen LogP contribution >= 0.6 is 0 Å². The summed E-state index contributed by atoms with van der Waals surface area (Å²) in [5, 5.41) is 10.8. The third kappa shape index (κ3) is 4.08. The van der Waals surface area contributed by atoms with E-state index in [0.29, 0.717) is 6.54 Å². The number of anilines is 1. The maximum atomic E-state index is 12.9. The highest BCUT2D eigenvalue weighted by Crippen LogP contribution is 2.29. The van der Waals surface area contributed by atoms with Gasteiger partial charge in [-0.15, -0.1) is 0 Å². The quantitative estimate of drug-likeness (QED) is 0.869. The largest absolute Gasteiger partial charge is 0.325 e. The van der Waals surface area contributed by atoms with Gasteiger partial charge in [-0.1, -0.05) is 17.7 Å². The van der Waals surface area contributed by atoms with Gasteiger partial charge in [0, 0.05) is 44.5 Å². The third-order valence-corrected chi connectivity index (χ3v) is 4.71. The molecule has 0 radical (unpaired) electrons. The number of amides is 1. The van der Waals surface area contributed by atoms with Crippen molar-refractivity contribution < 1.29 is 4.79 Å². The smallest absolute Gasteiger partial charge is 0.229 e. The lowest BCUT2D eigenvalue weighted by Crippen LogP contribution is -2.28. The van der Waals surface area contributed by atoms with E-state index in [1.54, 1.807) is 4.68 Å². The summed E-state index contributed by atoms with van der Waals surface area (Å²) in [7, 11) is 5.97. The van der Waals surface area contributed by atoms with Crippen molar-refractivity contribution in [2.45, 2.75) is 19.4 Å². The van der Waals surface area contributed by atoms with Gasteiger partial charge in [0.15, 0.2) is 0 Å². The monoisotopic (exact) mass is 341 g/mol. The number of aryl methyl sites for hydroxylation is 2. The molecule has 1 fully saturated rings. The average molecular weight is 341 g/mol. The van der Waals surface area contributed by atoms with Crippen LogP contribution in [-0.2, 0) is 18.4 Å². The number of aromatic nitrogens is 2. The number of rotatable bonds is 5. The van der Waals surface area contributed by atoms with Crippen molar-refractivity contribution >= 4 is 11.6 Å². The molecule has 2 N–H and O–H groups in total. The van der Waals surface area contributed by atoms with Crippen LogP contribution in [0.15, 0.2) is 30.6 Å². The maximum absolute atomic E-state index is 12.9. The summed E-state index contributed by atoms with van der Waals surface area (Å²) < 4.78 is 1.79. The van der Waals surface area contributed by atoms with E-state index < -0.39 is 0 Å². The van der Waals surface area contributed by atoms with Gasteiger partial charge in [0.25, 0.3) is 0 Å². The lowest BCUT2D eigenvalue weighted by atomic mass is 9.90. The molecule has 0 unspecified atom stereocenters. The summed E-state index contributed by atoms with van der Waals surface area (Å²) in [6.45, 7) is 4.37. The molecule has 134 valence electrons. The van der Waals surface area contributed by atoms with E-state index in [2.05, 4.69) is 33.6 Å². The molecule has 1 aromatic carbocycles. The zero-order valence-electron chi connectivity index (χ0n) is 15.4. The molecular formula is C19H27N5O. The van der Waals surface area contributed by atoms with Gasteiger partial charge in [0.05, 0.1) is 12.1 Å². The molecule has 0 bridgehead atoms. The summed E-state index contributed by atoms with van der Waals surface area (Å²) in [4.78, 5) is 15.0. The van der Waals surface area contributed by atoms with Gasteiger partial charge in [-0.3, -0.25) is 9.48 Å². The molecule has 1 aliphatic heterocycles. The normalized spacial score (nSPS) is 20.2. The number of carbonyl (C=O) groups is 1. The van der Waals surface area contributed by atoms with Crippen LogP contribution in [0, 0.1) is 12.8 Å². The van der Waals surface area contributed by atoms with Crippen molar-refractivity contribution in [3.8, 4) is 0 Å². The van der Waals surface area contributed by atoms with E-state index in [4.69, 9.17) is 0 Å². The lowest BCUT2D eigenvalue weighted by molar-refractivity contribution is -0.119. The van der Waals surface area contributed by atoms with Gasteiger partial charge in [0.1, 0.15) is 0 Å². The lowest BCUT2D eigenvalue weighted by Gasteiger charge is -2.20. The third-order valence-electron chi connectivity index (χ3n) is 4.71. The van der Waals surface area contributed by atoms with Crippen molar-refractivity contribution in [3.63, 3.8) is 0 Å². The zero-order chi connectivity index (χ0) is 18.0. The summed E-state index contributed by atoms with van der Waals surface area (Å²) in [5.74, 6) is 0.150. The molecule has 1 amide bonds. The van der Waals surface area contributed by atoms with E-state index in [1.807, 2.05) is 45.7 Å². The fraction of sp³-hybridized carbons (Fsp3) is 0.474. The Morgan fingerprint density at radius 2 is 2.20 bits per heavy atom. The number of hydrogen-bond donors (Lipinski definition) is 2. The predicted molar refractivity (Wildman–Crippen MR) is 99.5 cm³/mol. The molecule has 2 heterocycles. The maximum Gasteiger partial charge on any atom is 0.229 e. The Morgan fingerprint density at radius 3 is 2.88 bits per heavy atom. The van der Waals surface area contributed by atoms with Crippen LogP contribution in [-0.4, -0.2) is 47.8 Å². The first-order valence-corrected chi connectivity index (χ1v) is 8.68. The van der Waals surface area contributed by atoms with Crippen molar-refractivity contribution in [2.24, 2.45) is 13.0 Å². The molecule has 6 heteroatoms. The zero-order valence-corrected chi connectivity index (χ0v) is 15.4. The number of carbonyl (C=O) groups excluding carboxylic acids is 1. The Morgan fingerprint density at radius 1 is 1.40 bits per heavy atom. The molecule has 0 spiro atoms. The molecule has 3 rings (SSSR count). The SMILES string of the molecule is Cc1ccc(NC(=O)[C@H]2CNC[C@@H]2c2cnn(C)c2)c(CN(C)C)c1. The summed E-state index contributed by atoms with van der Waals surface area (Å²) in [5.41, 5.74) is 4.36. The van der Waals surface area contributed by atoms with Gasteiger partial charge in [0.2, 0.25) is 5.91 Å². The highest BCUT2D eigenvalue weighted by atomic mass is 16.2. The minimum Gasteiger partial charge on any atom is -0.325 e. The van der Waals surface area contributed by atoms with Gasteiger partial charge >= 0.3 is 0 Å². The first-order chi connectivity index (χ1) is 11.9. The number of nitrogens with one attached hydrogen (secondary N) is 2. The fourth-order valence-electron chi connectivity index (χ4n) is 3.48. The Hall–Kier alpha value is -2.18. The van der Waals surface area contributed by atoms with Crippen molar-refractivity contribution in [1.82, 2.24) is 20.0 Å². The molecular weight excluding hydrogens is 314 g/mol. The fourth-order valence-corrected chi connectivity index (χ4v) is 3.48. The topological polar surface area (TPSA) is 62.2 Å². The Kier molecular flexibility index (Phi) is 5.20. The number of nitrogens with zero attached hydrogens (tertiary/aromatic N) is 3. The first-order valence-electron chi connectivity index (χ1n) is 8.68. The Labute approximate surface area is 149 Å². The van der Waals surface area contributed by atoms with Gasteiger partial charge in [-0.05, 0) is 38.2 Å². The second-order valence-corrected chi connectivity index (χ2v) is 7.21. The van der Waals surface area contributed by atoms with E-state index in [9.17, 15) is 4.79 Å². The minimum absolute atomic E-state index is 0.0720. The van der Waals surface area contributed by atoms with Gasteiger partial charge in [-0.2, -0.15) is 5.10 Å². The molecule has 2 atom stereocenters. The van der Waals surface area contributed by atoms with Crippen LogP contribution in [0.3, 0.4) is 0 Å². The van der Waals surface area contributed by atoms with Crippen LogP contribution in [0.5, 0.6) is 0 Å². The standard InChI is InChI=1S/C19H27N5O/c1-13-5-6-18(14(7-13)11-23(2)3)22-19(25)17-10-20-9-16(17)15-8-21-24(4)12-15/h5-8,12,16-17,20H,9-11H2,1-4H3,(H,22,25)/t16-,17+/m1/s1. The first kappa shape index (κ1) is 17.6. The minimum atomic E-state index is -0.0855. The van der Waals surface area contributed by atoms with Crippen LogP contribution in [0.2, 0.25) is 0 Å². The van der Waals surface area contributed by atoms with Crippen LogP contribution in [0.1, 0.15) is 22.6 Å². The van der Waals surface area contributed by atoms with E-state index >= 15 is 0 Å². The van der Waals surface area contributed by atoms with Crippen LogP contribution in [0.25, 0.3) is 0 Å². The predicted octanol–water partition coefficient (Wildman–Crippen LogP) is 1.73. The van der Waals surface area contributed by atoms with Crippen molar-refractivity contribution in [1.29, 1.82) is 0 Å². The molecule has 1 aromatic heterocycles. The van der Waals surface area contributed by atoms with Crippen molar-refractivity contribution in [3.05, 3.63) is 47.3 Å². The highest BCUT2D eigenvalue weighted by Gasteiger charge is 2.34. The van der Waals surface area contributed by atoms with E-state index in [-0.39, 0.29) is 17.7 Å². The van der Waals surface area contributed by atoms with Gasteiger partial charge < -0.3 is 15.5 Å². The van der Waals surface area contributed by atoms with E-state index in [0.717, 1.165) is 29.9 Å². The molecule has 25 heavy (non-hydrogen) atoms. The van der Waals surface area contributed by atoms with Crippen LogP contribution < -0.4 is 10.6 Å². The van der Waals surface area contributed by atoms with Gasteiger partial charge in [-0.25, -0.2) is 0 Å². The second kappa shape index (κ2) is 7.37. The molecule has 0 saturated carbocycles. The highest BCUT2D eigenvalue weighted by molar-refractivity contribution is 5.94. The average Bonchev–Trinajstić information content (AvgIpc) is 3.17. The summed E-state index contributed by atoms with van der Waals surface area (Å²) in [6.07, 6.45) is 3.86.